The minimum atomic E-state index is 0.611. The molecule has 2 aromatic heterocycles. The Morgan fingerprint density at radius 3 is 2.43 bits per heavy atom. The van der Waals surface area contributed by atoms with Crippen molar-refractivity contribution in [3.05, 3.63) is 24.8 Å². The quantitative estimate of drug-likeness (QED) is 0.854. The summed E-state index contributed by atoms with van der Waals surface area (Å²) in [6.45, 7) is 8.66. The van der Waals surface area contributed by atoms with Crippen molar-refractivity contribution in [2.45, 2.75) is 19.9 Å². The van der Waals surface area contributed by atoms with Gasteiger partial charge in [-0.1, -0.05) is 0 Å². The molecule has 0 saturated carbocycles. The summed E-state index contributed by atoms with van der Waals surface area (Å²) in [4.78, 5) is 13.9. The van der Waals surface area contributed by atoms with Crippen molar-refractivity contribution in [3.8, 4) is 11.3 Å². The molecular formula is C15H22N6. The Morgan fingerprint density at radius 1 is 1.05 bits per heavy atom. The summed E-state index contributed by atoms with van der Waals surface area (Å²) in [5.74, 6) is 0.958. The maximum atomic E-state index is 4.74. The summed E-state index contributed by atoms with van der Waals surface area (Å²) in [5.41, 5.74) is 1.89. The monoisotopic (exact) mass is 286 g/mol. The molecule has 0 aliphatic carbocycles. The molecule has 1 aliphatic heterocycles. The lowest BCUT2D eigenvalue weighted by Gasteiger charge is -2.37. The highest BCUT2D eigenvalue weighted by Gasteiger charge is 2.20. The molecule has 0 aromatic carbocycles. The lowest BCUT2D eigenvalue weighted by molar-refractivity contribution is 0.209. The number of aromatic nitrogens is 4. The fourth-order valence-electron chi connectivity index (χ4n) is 2.67. The number of hydrogen-bond donors (Lipinski definition) is 0. The van der Waals surface area contributed by atoms with Crippen LogP contribution in [0.2, 0.25) is 0 Å². The Bertz CT molecular complexity index is 598. The van der Waals surface area contributed by atoms with Gasteiger partial charge < -0.3 is 4.90 Å². The summed E-state index contributed by atoms with van der Waals surface area (Å²) in [6, 6.07) is 0.611. The Hall–Kier alpha value is -1.95. The zero-order valence-corrected chi connectivity index (χ0v) is 12.9. The Balaban J connectivity index is 1.75. The molecule has 2 aromatic rings. The van der Waals surface area contributed by atoms with Crippen LogP contribution in [0.25, 0.3) is 11.3 Å². The molecule has 21 heavy (non-hydrogen) atoms. The first-order chi connectivity index (χ1) is 10.1. The minimum Gasteiger partial charge on any atom is -0.353 e. The summed E-state index contributed by atoms with van der Waals surface area (Å²) in [5, 5.41) is 4.19. The van der Waals surface area contributed by atoms with Crippen molar-refractivity contribution in [3.63, 3.8) is 0 Å². The molecule has 0 N–H and O–H groups in total. The van der Waals surface area contributed by atoms with E-state index in [0.717, 1.165) is 43.3 Å². The van der Waals surface area contributed by atoms with Gasteiger partial charge in [0.25, 0.3) is 0 Å². The predicted octanol–water partition coefficient (Wildman–Crippen LogP) is 1.41. The van der Waals surface area contributed by atoms with E-state index >= 15 is 0 Å². The maximum Gasteiger partial charge on any atom is 0.147 e. The van der Waals surface area contributed by atoms with Crippen molar-refractivity contribution in [1.29, 1.82) is 0 Å². The van der Waals surface area contributed by atoms with E-state index in [0.29, 0.717) is 6.04 Å². The van der Waals surface area contributed by atoms with Crippen molar-refractivity contribution in [2.75, 3.05) is 31.1 Å². The van der Waals surface area contributed by atoms with Gasteiger partial charge in [0, 0.05) is 51.0 Å². The summed E-state index contributed by atoms with van der Waals surface area (Å²) in [6.07, 6.45) is 7.44. The normalized spacial score (nSPS) is 16.7. The SMILES string of the molecule is CC(C)N1CCN(c2cncc(-c3cnn(C)c3)n2)CC1. The number of anilines is 1. The van der Waals surface area contributed by atoms with Crippen LogP contribution in [0, 0.1) is 0 Å². The first-order valence-corrected chi connectivity index (χ1v) is 7.43. The third-order valence-electron chi connectivity index (χ3n) is 3.99. The third-order valence-corrected chi connectivity index (χ3v) is 3.99. The number of aryl methyl sites for hydroxylation is 1. The van der Waals surface area contributed by atoms with Crippen molar-refractivity contribution < 1.29 is 0 Å². The molecule has 1 aliphatic rings. The highest BCUT2D eigenvalue weighted by Crippen LogP contribution is 2.19. The standard InChI is InChI=1S/C15H22N6/c1-12(2)20-4-6-21(7-5-20)15-10-16-9-14(18-15)13-8-17-19(3)11-13/h8-12H,4-7H2,1-3H3. The third kappa shape index (κ3) is 3.05. The van der Waals surface area contributed by atoms with Crippen LogP contribution in [-0.2, 0) is 7.05 Å². The average Bonchev–Trinajstić information content (AvgIpc) is 2.94. The van der Waals surface area contributed by atoms with Crippen LogP contribution >= 0.6 is 0 Å². The van der Waals surface area contributed by atoms with E-state index < -0.39 is 0 Å². The van der Waals surface area contributed by atoms with E-state index in [-0.39, 0.29) is 0 Å². The molecule has 0 bridgehead atoms. The van der Waals surface area contributed by atoms with E-state index in [1.165, 1.54) is 0 Å². The van der Waals surface area contributed by atoms with Gasteiger partial charge in [-0.2, -0.15) is 5.10 Å². The Labute approximate surface area is 125 Å². The number of hydrogen-bond acceptors (Lipinski definition) is 5. The van der Waals surface area contributed by atoms with Crippen molar-refractivity contribution >= 4 is 5.82 Å². The molecule has 0 radical (unpaired) electrons. The van der Waals surface area contributed by atoms with Gasteiger partial charge >= 0.3 is 0 Å². The van der Waals surface area contributed by atoms with Crippen LogP contribution in [0.1, 0.15) is 13.8 Å². The van der Waals surface area contributed by atoms with E-state index in [2.05, 4.69) is 33.7 Å². The smallest absolute Gasteiger partial charge is 0.147 e. The van der Waals surface area contributed by atoms with Crippen molar-refractivity contribution in [1.82, 2.24) is 24.6 Å². The second-order valence-corrected chi connectivity index (χ2v) is 5.78. The van der Waals surface area contributed by atoms with Crippen LogP contribution in [0.15, 0.2) is 24.8 Å². The molecule has 3 heterocycles. The number of nitrogens with zero attached hydrogens (tertiary/aromatic N) is 6. The van der Waals surface area contributed by atoms with E-state index in [1.807, 2.05) is 25.6 Å². The first kappa shape index (κ1) is 14.0. The molecule has 0 spiro atoms. The number of piperazine rings is 1. The fraction of sp³-hybridized carbons (Fsp3) is 0.533. The van der Waals surface area contributed by atoms with Gasteiger partial charge in [-0.3, -0.25) is 14.6 Å². The van der Waals surface area contributed by atoms with Crippen LogP contribution in [0.3, 0.4) is 0 Å². The van der Waals surface area contributed by atoms with E-state index in [4.69, 9.17) is 4.98 Å². The topological polar surface area (TPSA) is 50.1 Å². The lowest BCUT2D eigenvalue weighted by atomic mass is 10.2. The molecule has 1 saturated heterocycles. The van der Waals surface area contributed by atoms with Crippen LogP contribution in [0.4, 0.5) is 5.82 Å². The molecule has 3 rings (SSSR count). The Morgan fingerprint density at radius 2 is 1.81 bits per heavy atom. The molecular weight excluding hydrogens is 264 g/mol. The summed E-state index contributed by atoms with van der Waals surface area (Å²) >= 11 is 0. The second-order valence-electron chi connectivity index (χ2n) is 5.78. The summed E-state index contributed by atoms with van der Waals surface area (Å²) < 4.78 is 1.78. The largest absolute Gasteiger partial charge is 0.353 e. The highest BCUT2D eigenvalue weighted by molar-refractivity contribution is 5.58. The van der Waals surface area contributed by atoms with Crippen LogP contribution in [-0.4, -0.2) is 56.9 Å². The Kier molecular flexibility index (Phi) is 3.88. The highest BCUT2D eigenvalue weighted by atomic mass is 15.3. The first-order valence-electron chi connectivity index (χ1n) is 7.43. The summed E-state index contributed by atoms with van der Waals surface area (Å²) in [7, 11) is 1.91. The maximum absolute atomic E-state index is 4.74. The van der Waals surface area contributed by atoms with Gasteiger partial charge in [-0.05, 0) is 13.8 Å². The zero-order valence-electron chi connectivity index (χ0n) is 12.9. The molecule has 1 fully saturated rings. The second kappa shape index (κ2) is 5.81. The molecule has 112 valence electrons. The van der Waals surface area contributed by atoms with Crippen LogP contribution in [0.5, 0.6) is 0 Å². The zero-order chi connectivity index (χ0) is 14.8. The average molecular weight is 286 g/mol. The van der Waals surface area contributed by atoms with Gasteiger partial charge in [0.1, 0.15) is 5.82 Å². The van der Waals surface area contributed by atoms with E-state index in [9.17, 15) is 0 Å². The molecule has 0 amide bonds. The van der Waals surface area contributed by atoms with Gasteiger partial charge in [0.05, 0.1) is 24.3 Å². The van der Waals surface area contributed by atoms with Crippen LogP contribution < -0.4 is 4.90 Å². The lowest BCUT2D eigenvalue weighted by Crippen LogP contribution is -2.49. The van der Waals surface area contributed by atoms with Gasteiger partial charge in [-0.25, -0.2) is 4.98 Å². The van der Waals surface area contributed by atoms with Gasteiger partial charge in [-0.15, -0.1) is 0 Å². The van der Waals surface area contributed by atoms with Gasteiger partial charge in [0.15, 0.2) is 0 Å². The molecule has 6 nitrogen and oxygen atoms in total. The molecule has 0 atom stereocenters. The molecule has 6 heteroatoms. The fourth-order valence-corrected chi connectivity index (χ4v) is 2.67. The minimum absolute atomic E-state index is 0.611. The predicted molar refractivity (Wildman–Crippen MR) is 83.2 cm³/mol. The number of rotatable bonds is 3. The van der Waals surface area contributed by atoms with Crippen molar-refractivity contribution in [2.24, 2.45) is 7.05 Å². The molecule has 0 unspecified atom stereocenters. The van der Waals surface area contributed by atoms with E-state index in [1.54, 1.807) is 10.9 Å². The van der Waals surface area contributed by atoms with Gasteiger partial charge in [0.2, 0.25) is 0 Å².